The molecular weight excluding hydrogens is 280 g/mol. The number of anilines is 1. The van der Waals surface area contributed by atoms with Gasteiger partial charge in [0.25, 0.3) is 0 Å². The maximum absolute atomic E-state index is 5.99. The van der Waals surface area contributed by atoms with Crippen LogP contribution in [-0.4, -0.2) is 6.54 Å². The Hall–Kier alpha value is -2.03. The number of fused-ring (bicyclic) bond motifs is 1. The van der Waals surface area contributed by atoms with Crippen molar-refractivity contribution in [2.24, 2.45) is 5.73 Å². The number of halogens is 1. The molecule has 0 amide bonds. The summed E-state index contributed by atoms with van der Waals surface area (Å²) >= 11 is 5.92. The second-order valence-electron chi connectivity index (χ2n) is 5.01. The van der Waals surface area contributed by atoms with Crippen LogP contribution < -0.4 is 11.1 Å². The third-order valence-corrected chi connectivity index (χ3v) is 3.87. The summed E-state index contributed by atoms with van der Waals surface area (Å²) in [5.74, 6) is 0. The summed E-state index contributed by atoms with van der Waals surface area (Å²) in [5.41, 5.74) is 8.21. The zero-order valence-electron chi connectivity index (χ0n) is 11.6. The average molecular weight is 297 g/mol. The van der Waals surface area contributed by atoms with Gasteiger partial charge >= 0.3 is 0 Å². The van der Waals surface area contributed by atoms with E-state index in [9.17, 15) is 0 Å². The summed E-state index contributed by atoms with van der Waals surface area (Å²) in [6.07, 6.45) is 0. The Kier molecular flexibility index (Phi) is 4.09. The summed E-state index contributed by atoms with van der Waals surface area (Å²) < 4.78 is 0. The normalized spacial score (nSPS) is 12.3. The molecule has 106 valence electrons. The maximum Gasteiger partial charge on any atom is 0.0642 e. The smallest absolute Gasteiger partial charge is 0.0642 e. The Morgan fingerprint density at radius 3 is 2.38 bits per heavy atom. The lowest BCUT2D eigenvalue weighted by Crippen LogP contribution is -2.20. The van der Waals surface area contributed by atoms with Crippen LogP contribution >= 0.6 is 11.6 Å². The monoisotopic (exact) mass is 296 g/mol. The molecule has 3 N–H and O–H groups in total. The highest BCUT2D eigenvalue weighted by molar-refractivity contribution is 6.30. The van der Waals surface area contributed by atoms with Crippen molar-refractivity contribution in [2.75, 3.05) is 11.9 Å². The zero-order valence-corrected chi connectivity index (χ0v) is 12.3. The molecule has 0 aliphatic rings. The zero-order chi connectivity index (χ0) is 14.7. The SMILES string of the molecule is NCC(Nc1ccc(Cl)cc1)c1cccc2ccccc12. The minimum atomic E-state index is 0.0669. The molecule has 0 radical (unpaired) electrons. The van der Waals surface area contributed by atoms with E-state index in [1.807, 2.05) is 24.3 Å². The lowest BCUT2D eigenvalue weighted by Gasteiger charge is -2.20. The first-order valence-corrected chi connectivity index (χ1v) is 7.35. The van der Waals surface area contributed by atoms with Crippen LogP contribution in [0.4, 0.5) is 5.69 Å². The van der Waals surface area contributed by atoms with Gasteiger partial charge in [0.15, 0.2) is 0 Å². The number of rotatable bonds is 4. The topological polar surface area (TPSA) is 38.0 Å². The molecule has 3 rings (SSSR count). The van der Waals surface area contributed by atoms with E-state index in [0.717, 1.165) is 10.7 Å². The molecule has 1 atom stereocenters. The van der Waals surface area contributed by atoms with E-state index in [0.29, 0.717) is 6.54 Å². The van der Waals surface area contributed by atoms with Crippen molar-refractivity contribution in [1.29, 1.82) is 0 Å². The van der Waals surface area contributed by atoms with E-state index in [4.69, 9.17) is 17.3 Å². The molecule has 0 spiro atoms. The first-order chi connectivity index (χ1) is 10.3. The van der Waals surface area contributed by atoms with Crippen molar-refractivity contribution in [3.8, 4) is 0 Å². The van der Waals surface area contributed by atoms with Gasteiger partial charge in [-0.15, -0.1) is 0 Å². The molecule has 0 aliphatic heterocycles. The molecule has 1 unspecified atom stereocenters. The molecule has 0 fully saturated rings. The van der Waals surface area contributed by atoms with Gasteiger partial charge in [-0.3, -0.25) is 0 Å². The third-order valence-electron chi connectivity index (χ3n) is 3.62. The number of hydrogen-bond acceptors (Lipinski definition) is 2. The van der Waals surface area contributed by atoms with E-state index in [2.05, 4.69) is 47.8 Å². The van der Waals surface area contributed by atoms with E-state index in [1.54, 1.807) is 0 Å². The number of nitrogens with one attached hydrogen (secondary N) is 1. The van der Waals surface area contributed by atoms with Crippen molar-refractivity contribution in [3.05, 3.63) is 77.3 Å². The molecule has 0 aromatic heterocycles. The summed E-state index contributed by atoms with van der Waals surface area (Å²) in [6.45, 7) is 0.524. The van der Waals surface area contributed by atoms with Crippen LogP contribution in [0.15, 0.2) is 66.7 Å². The van der Waals surface area contributed by atoms with E-state index in [-0.39, 0.29) is 6.04 Å². The van der Waals surface area contributed by atoms with E-state index >= 15 is 0 Å². The van der Waals surface area contributed by atoms with Gasteiger partial charge in [0.05, 0.1) is 6.04 Å². The second kappa shape index (κ2) is 6.17. The Morgan fingerprint density at radius 2 is 1.62 bits per heavy atom. The minimum absolute atomic E-state index is 0.0669. The Labute approximate surface area is 129 Å². The molecule has 0 bridgehead atoms. The van der Waals surface area contributed by atoms with Gasteiger partial charge in [0, 0.05) is 17.3 Å². The lowest BCUT2D eigenvalue weighted by molar-refractivity contribution is 0.797. The van der Waals surface area contributed by atoms with Gasteiger partial charge < -0.3 is 11.1 Å². The fraction of sp³-hybridized carbons (Fsp3) is 0.111. The van der Waals surface area contributed by atoms with E-state index < -0.39 is 0 Å². The molecule has 3 heteroatoms. The maximum atomic E-state index is 5.99. The van der Waals surface area contributed by atoms with Gasteiger partial charge in [-0.1, -0.05) is 54.1 Å². The standard InChI is InChI=1S/C18H17ClN2/c19-14-8-10-15(11-9-14)21-18(12-20)17-7-3-5-13-4-1-2-6-16(13)17/h1-11,18,21H,12,20H2. The van der Waals surface area contributed by atoms with Crippen LogP contribution in [0.2, 0.25) is 5.02 Å². The van der Waals surface area contributed by atoms with Crippen molar-refractivity contribution in [1.82, 2.24) is 0 Å². The van der Waals surface area contributed by atoms with Gasteiger partial charge in [-0.05, 0) is 40.6 Å². The summed E-state index contributed by atoms with van der Waals surface area (Å²) in [4.78, 5) is 0. The average Bonchev–Trinajstić information content (AvgIpc) is 2.54. The molecule has 3 aromatic rings. The molecule has 2 nitrogen and oxygen atoms in total. The van der Waals surface area contributed by atoms with Crippen LogP contribution in [-0.2, 0) is 0 Å². The Balaban J connectivity index is 1.96. The van der Waals surface area contributed by atoms with Gasteiger partial charge in [0.2, 0.25) is 0 Å². The van der Waals surface area contributed by atoms with Gasteiger partial charge in [-0.25, -0.2) is 0 Å². The predicted octanol–water partition coefficient (Wildman–Crippen LogP) is 4.61. The first-order valence-electron chi connectivity index (χ1n) is 6.98. The predicted molar refractivity (Wildman–Crippen MR) is 90.8 cm³/mol. The quantitative estimate of drug-likeness (QED) is 0.738. The molecule has 0 heterocycles. The largest absolute Gasteiger partial charge is 0.377 e. The van der Waals surface area contributed by atoms with Crippen LogP contribution in [0, 0.1) is 0 Å². The van der Waals surface area contributed by atoms with Crippen LogP contribution in [0.25, 0.3) is 10.8 Å². The molecule has 21 heavy (non-hydrogen) atoms. The number of nitrogens with two attached hydrogens (primary N) is 1. The molecular formula is C18H17ClN2. The third kappa shape index (κ3) is 3.02. The molecule has 0 saturated heterocycles. The Morgan fingerprint density at radius 1 is 0.905 bits per heavy atom. The number of benzene rings is 3. The molecule has 3 aromatic carbocycles. The van der Waals surface area contributed by atoms with Crippen molar-refractivity contribution >= 4 is 28.1 Å². The van der Waals surface area contributed by atoms with Gasteiger partial charge in [0.1, 0.15) is 0 Å². The first kappa shape index (κ1) is 13.9. The van der Waals surface area contributed by atoms with Crippen molar-refractivity contribution < 1.29 is 0 Å². The van der Waals surface area contributed by atoms with Crippen LogP contribution in [0.1, 0.15) is 11.6 Å². The van der Waals surface area contributed by atoms with E-state index in [1.165, 1.54) is 16.3 Å². The van der Waals surface area contributed by atoms with Crippen molar-refractivity contribution in [2.45, 2.75) is 6.04 Å². The lowest BCUT2D eigenvalue weighted by atomic mass is 9.98. The highest BCUT2D eigenvalue weighted by atomic mass is 35.5. The Bertz CT molecular complexity index is 732. The summed E-state index contributed by atoms with van der Waals surface area (Å²) in [7, 11) is 0. The van der Waals surface area contributed by atoms with Crippen molar-refractivity contribution in [3.63, 3.8) is 0 Å². The second-order valence-corrected chi connectivity index (χ2v) is 5.44. The highest BCUT2D eigenvalue weighted by Crippen LogP contribution is 2.27. The van der Waals surface area contributed by atoms with Gasteiger partial charge in [-0.2, -0.15) is 0 Å². The number of hydrogen-bond donors (Lipinski definition) is 2. The highest BCUT2D eigenvalue weighted by Gasteiger charge is 2.12. The minimum Gasteiger partial charge on any atom is -0.377 e. The summed E-state index contributed by atoms with van der Waals surface area (Å²) in [6, 6.07) is 22.4. The molecule has 0 aliphatic carbocycles. The van der Waals surface area contributed by atoms with Crippen LogP contribution in [0.3, 0.4) is 0 Å². The fourth-order valence-electron chi connectivity index (χ4n) is 2.57. The summed E-state index contributed by atoms with van der Waals surface area (Å²) in [5, 5.41) is 6.67. The fourth-order valence-corrected chi connectivity index (χ4v) is 2.69. The van der Waals surface area contributed by atoms with Crippen LogP contribution in [0.5, 0.6) is 0 Å². The molecule has 0 saturated carbocycles.